The van der Waals surface area contributed by atoms with E-state index in [1.165, 1.54) is 0 Å². The lowest BCUT2D eigenvalue weighted by Crippen LogP contribution is -2.18. The Labute approximate surface area is 117 Å². The Hall–Kier alpha value is -1.59. The number of aromatic nitrogens is 3. The molecular formula is C13H17ClN4O. The van der Waals surface area contributed by atoms with Crippen molar-refractivity contribution >= 4 is 11.6 Å². The van der Waals surface area contributed by atoms with Crippen LogP contribution in [0, 0.1) is 0 Å². The molecule has 0 spiro atoms. The highest BCUT2D eigenvalue weighted by Crippen LogP contribution is 2.25. The molecule has 102 valence electrons. The highest BCUT2D eigenvalue weighted by molar-refractivity contribution is 6.31. The van der Waals surface area contributed by atoms with Crippen LogP contribution in [-0.2, 0) is 20.0 Å². The lowest BCUT2D eigenvalue weighted by Gasteiger charge is -2.11. The molecule has 0 amide bonds. The molecule has 2 aromatic rings. The van der Waals surface area contributed by atoms with Crippen molar-refractivity contribution in [2.24, 2.45) is 7.05 Å². The quantitative estimate of drug-likeness (QED) is 0.820. The van der Waals surface area contributed by atoms with Gasteiger partial charge in [-0.15, -0.1) is 10.2 Å². The molecule has 0 aliphatic heterocycles. The van der Waals surface area contributed by atoms with Crippen LogP contribution >= 0.6 is 11.6 Å². The zero-order valence-corrected chi connectivity index (χ0v) is 11.8. The van der Waals surface area contributed by atoms with Gasteiger partial charge in [0.25, 0.3) is 0 Å². The van der Waals surface area contributed by atoms with Crippen molar-refractivity contribution in [3.63, 3.8) is 0 Å². The van der Waals surface area contributed by atoms with E-state index in [4.69, 9.17) is 16.3 Å². The Kier molecular flexibility index (Phi) is 4.76. The van der Waals surface area contributed by atoms with Crippen LogP contribution in [0.4, 0.5) is 0 Å². The number of aryl methyl sites for hydroxylation is 1. The molecule has 0 radical (unpaired) electrons. The number of benzene rings is 1. The number of hydrogen-bond acceptors (Lipinski definition) is 4. The van der Waals surface area contributed by atoms with Crippen LogP contribution in [0.15, 0.2) is 24.5 Å². The topological polar surface area (TPSA) is 52.0 Å². The Bertz CT molecular complexity index is 541. The Morgan fingerprint density at radius 2 is 2.26 bits per heavy atom. The summed E-state index contributed by atoms with van der Waals surface area (Å²) in [6.07, 6.45) is 2.52. The molecule has 0 unspecified atom stereocenters. The van der Waals surface area contributed by atoms with Gasteiger partial charge in [-0.1, -0.05) is 17.7 Å². The minimum atomic E-state index is 0.667. The number of ether oxygens (including phenoxy) is 1. The maximum atomic E-state index is 6.17. The second kappa shape index (κ2) is 6.54. The Morgan fingerprint density at radius 3 is 2.95 bits per heavy atom. The van der Waals surface area contributed by atoms with E-state index in [0.717, 1.165) is 30.1 Å². The molecule has 1 N–H and O–H groups in total. The van der Waals surface area contributed by atoms with Crippen LogP contribution < -0.4 is 10.1 Å². The fraction of sp³-hybridized carbons (Fsp3) is 0.385. The highest BCUT2D eigenvalue weighted by atomic mass is 35.5. The lowest BCUT2D eigenvalue weighted by atomic mass is 10.2. The standard InChI is InChI=1S/C13H17ClN4O/c1-18-9-16-17-13(18)6-7-15-8-10-11(14)4-3-5-12(10)19-2/h3-5,9,15H,6-8H2,1-2H3. The van der Waals surface area contributed by atoms with Crippen LogP contribution in [0.5, 0.6) is 5.75 Å². The van der Waals surface area contributed by atoms with Crippen molar-refractivity contribution in [1.82, 2.24) is 20.1 Å². The molecule has 0 saturated carbocycles. The SMILES string of the molecule is COc1cccc(Cl)c1CNCCc1nncn1C. The first kappa shape index (κ1) is 13.8. The van der Waals surface area contributed by atoms with E-state index in [0.29, 0.717) is 11.6 Å². The van der Waals surface area contributed by atoms with Gasteiger partial charge in [0.1, 0.15) is 17.9 Å². The zero-order valence-electron chi connectivity index (χ0n) is 11.1. The van der Waals surface area contributed by atoms with Gasteiger partial charge in [-0.3, -0.25) is 0 Å². The minimum absolute atomic E-state index is 0.667. The molecule has 1 aromatic carbocycles. The molecule has 19 heavy (non-hydrogen) atoms. The third kappa shape index (κ3) is 3.45. The number of hydrogen-bond donors (Lipinski definition) is 1. The second-order valence-electron chi connectivity index (χ2n) is 4.21. The Morgan fingerprint density at radius 1 is 1.42 bits per heavy atom. The van der Waals surface area contributed by atoms with E-state index in [1.54, 1.807) is 13.4 Å². The second-order valence-corrected chi connectivity index (χ2v) is 4.61. The van der Waals surface area contributed by atoms with E-state index in [1.807, 2.05) is 29.8 Å². The fourth-order valence-electron chi connectivity index (χ4n) is 1.85. The van der Waals surface area contributed by atoms with Gasteiger partial charge in [-0.25, -0.2) is 0 Å². The normalized spacial score (nSPS) is 10.7. The molecule has 5 nitrogen and oxygen atoms in total. The van der Waals surface area contributed by atoms with Gasteiger partial charge in [0.05, 0.1) is 7.11 Å². The third-order valence-electron chi connectivity index (χ3n) is 2.93. The molecule has 1 aromatic heterocycles. The van der Waals surface area contributed by atoms with Crippen LogP contribution in [0.3, 0.4) is 0 Å². The van der Waals surface area contributed by atoms with Crippen LogP contribution in [0.25, 0.3) is 0 Å². The Balaban J connectivity index is 1.88. The van der Waals surface area contributed by atoms with Crippen molar-refractivity contribution in [2.45, 2.75) is 13.0 Å². The smallest absolute Gasteiger partial charge is 0.133 e. The summed E-state index contributed by atoms with van der Waals surface area (Å²) in [5.74, 6) is 1.76. The van der Waals surface area contributed by atoms with Crippen molar-refractivity contribution in [2.75, 3.05) is 13.7 Å². The van der Waals surface area contributed by atoms with E-state index < -0.39 is 0 Å². The molecular weight excluding hydrogens is 264 g/mol. The summed E-state index contributed by atoms with van der Waals surface area (Å²) in [6.45, 7) is 1.47. The van der Waals surface area contributed by atoms with Crippen LogP contribution in [-0.4, -0.2) is 28.4 Å². The van der Waals surface area contributed by atoms with E-state index in [9.17, 15) is 0 Å². The van der Waals surface area contributed by atoms with Crippen molar-refractivity contribution in [1.29, 1.82) is 0 Å². The minimum Gasteiger partial charge on any atom is -0.496 e. The maximum absolute atomic E-state index is 6.17. The molecule has 2 rings (SSSR count). The van der Waals surface area contributed by atoms with Crippen LogP contribution in [0.1, 0.15) is 11.4 Å². The summed E-state index contributed by atoms with van der Waals surface area (Å²) in [5.41, 5.74) is 0.977. The van der Waals surface area contributed by atoms with Crippen molar-refractivity contribution in [3.8, 4) is 5.75 Å². The molecule has 0 atom stereocenters. The molecule has 0 bridgehead atoms. The highest BCUT2D eigenvalue weighted by Gasteiger charge is 2.07. The first-order valence-corrected chi connectivity index (χ1v) is 6.45. The van der Waals surface area contributed by atoms with E-state index in [2.05, 4.69) is 15.5 Å². The number of nitrogens with one attached hydrogen (secondary N) is 1. The number of halogens is 1. The van der Waals surface area contributed by atoms with Gasteiger partial charge < -0.3 is 14.6 Å². The fourth-order valence-corrected chi connectivity index (χ4v) is 2.08. The van der Waals surface area contributed by atoms with Gasteiger partial charge in [-0.2, -0.15) is 0 Å². The average molecular weight is 281 g/mol. The summed E-state index contributed by atoms with van der Waals surface area (Å²) in [4.78, 5) is 0. The number of nitrogens with zero attached hydrogens (tertiary/aromatic N) is 3. The monoisotopic (exact) mass is 280 g/mol. The number of rotatable bonds is 6. The first-order chi connectivity index (χ1) is 9.22. The maximum Gasteiger partial charge on any atom is 0.133 e. The largest absolute Gasteiger partial charge is 0.496 e. The van der Waals surface area contributed by atoms with Gasteiger partial charge in [0.2, 0.25) is 0 Å². The van der Waals surface area contributed by atoms with Gasteiger partial charge in [-0.05, 0) is 12.1 Å². The predicted molar refractivity (Wildman–Crippen MR) is 74.4 cm³/mol. The molecule has 0 aliphatic rings. The summed E-state index contributed by atoms with van der Waals surface area (Å²) < 4.78 is 7.21. The van der Waals surface area contributed by atoms with E-state index in [-0.39, 0.29) is 0 Å². The summed E-state index contributed by atoms with van der Waals surface area (Å²) in [6, 6.07) is 5.65. The zero-order chi connectivity index (χ0) is 13.7. The van der Waals surface area contributed by atoms with Crippen molar-refractivity contribution in [3.05, 3.63) is 40.9 Å². The van der Waals surface area contributed by atoms with E-state index >= 15 is 0 Å². The number of methoxy groups -OCH3 is 1. The van der Waals surface area contributed by atoms with Gasteiger partial charge in [0, 0.05) is 37.1 Å². The molecule has 0 saturated heterocycles. The van der Waals surface area contributed by atoms with Gasteiger partial charge >= 0.3 is 0 Å². The summed E-state index contributed by atoms with van der Waals surface area (Å²) in [7, 11) is 3.58. The molecule has 0 fully saturated rings. The molecule has 1 heterocycles. The average Bonchev–Trinajstić information content (AvgIpc) is 2.81. The first-order valence-electron chi connectivity index (χ1n) is 6.07. The molecule has 0 aliphatic carbocycles. The predicted octanol–water partition coefficient (Wildman–Crippen LogP) is 1.81. The van der Waals surface area contributed by atoms with Gasteiger partial charge in [0.15, 0.2) is 0 Å². The summed E-state index contributed by atoms with van der Waals surface area (Å²) in [5, 5.41) is 11.9. The van der Waals surface area contributed by atoms with Crippen LogP contribution in [0.2, 0.25) is 5.02 Å². The third-order valence-corrected chi connectivity index (χ3v) is 3.28. The van der Waals surface area contributed by atoms with Crippen molar-refractivity contribution < 1.29 is 4.74 Å². The lowest BCUT2D eigenvalue weighted by molar-refractivity contribution is 0.408. The summed E-state index contributed by atoms with van der Waals surface area (Å²) >= 11 is 6.17. The molecule has 6 heteroatoms.